The second kappa shape index (κ2) is 6.53. The molecule has 0 unspecified atom stereocenters. The van der Waals surface area contributed by atoms with Crippen LogP contribution in [0.15, 0.2) is 33.2 Å². The lowest BCUT2D eigenvalue weighted by atomic mass is 10.1. The van der Waals surface area contributed by atoms with Crippen LogP contribution < -0.4 is 10.0 Å². The van der Waals surface area contributed by atoms with Crippen molar-refractivity contribution in [2.45, 2.75) is 11.3 Å². The average Bonchev–Trinajstić information content (AvgIpc) is 2.36. The van der Waals surface area contributed by atoms with Crippen molar-refractivity contribution in [2.24, 2.45) is 0 Å². The lowest BCUT2D eigenvalue weighted by Gasteiger charge is -2.15. The topological polar surface area (TPSA) is 58.2 Å². The highest BCUT2D eigenvalue weighted by atomic mass is 79.9. The van der Waals surface area contributed by atoms with E-state index < -0.39 is 15.8 Å². The van der Waals surface area contributed by atoms with Crippen LogP contribution in [0, 0.1) is 5.82 Å². The van der Waals surface area contributed by atoms with Crippen LogP contribution in [0.4, 0.5) is 4.39 Å². The van der Waals surface area contributed by atoms with Gasteiger partial charge in [-0.3, -0.25) is 0 Å². The van der Waals surface area contributed by atoms with Gasteiger partial charge in [0.25, 0.3) is 0 Å². The Morgan fingerprint density at radius 3 is 2.80 bits per heavy atom. The highest BCUT2D eigenvalue weighted by molar-refractivity contribution is 9.10. The molecule has 0 saturated heterocycles. The van der Waals surface area contributed by atoms with Gasteiger partial charge in [-0.1, -0.05) is 23.3 Å². The van der Waals surface area contributed by atoms with E-state index in [1.165, 1.54) is 0 Å². The zero-order chi connectivity index (χ0) is 14.8. The molecule has 110 valence electrons. The summed E-state index contributed by atoms with van der Waals surface area (Å²) in [5, 5.41) is 2.99. The molecule has 0 bridgehead atoms. The molecule has 0 aliphatic carbocycles. The number of hydrogen-bond donors (Lipinski definition) is 2. The maximum Gasteiger partial charge on any atom is 0.243 e. The molecule has 1 aromatic rings. The van der Waals surface area contributed by atoms with E-state index in [1.807, 2.05) is 6.08 Å². The smallest absolute Gasteiger partial charge is 0.243 e. The number of halogens is 3. The zero-order valence-electron chi connectivity index (χ0n) is 10.4. The number of sulfonamides is 1. The van der Waals surface area contributed by atoms with Gasteiger partial charge in [0.1, 0.15) is 10.7 Å². The summed E-state index contributed by atoms with van der Waals surface area (Å²) in [5.74, 6) is -0.595. The molecule has 0 radical (unpaired) electrons. The SMILES string of the molecule is O=S(=O)(NCC1=CCNCC1)c1c(Cl)cc(F)cc1Br. The highest BCUT2D eigenvalue weighted by Gasteiger charge is 2.22. The Labute approximate surface area is 130 Å². The molecular weight excluding hydrogens is 371 g/mol. The van der Waals surface area contributed by atoms with Crippen LogP contribution in [-0.4, -0.2) is 28.1 Å². The second-order valence-corrected chi connectivity index (χ2v) is 7.30. The highest BCUT2D eigenvalue weighted by Crippen LogP contribution is 2.30. The minimum absolute atomic E-state index is 0.106. The zero-order valence-corrected chi connectivity index (χ0v) is 13.6. The lowest BCUT2D eigenvalue weighted by molar-refractivity contribution is 0.580. The van der Waals surface area contributed by atoms with Gasteiger partial charge in [-0.25, -0.2) is 17.5 Å². The Morgan fingerprint density at radius 2 is 2.20 bits per heavy atom. The Bertz CT molecular complexity index is 626. The third kappa shape index (κ3) is 3.79. The summed E-state index contributed by atoms with van der Waals surface area (Å²) < 4.78 is 40.2. The minimum atomic E-state index is -3.79. The molecule has 20 heavy (non-hydrogen) atoms. The molecule has 0 atom stereocenters. The molecule has 4 nitrogen and oxygen atoms in total. The number of nitrogens with one attached hydrogen (secondary N) is 2. The van der Waals surface area contributed by atoms with Gasteiger partial charge in [0.15, 0.2) is 0 Å². The second-order valence-electron chi connectivity index (χ2n) is 4.34. The van der Waals surface area contributed by atoms with Gasteiger partial charge in [-0.15, -0.1) is 0 Å². The molecule has 2 rings (SSSR count). The van der Waals surface area contributed by atoms with Gasteiger partial charge >= 0.3 is 0 Å². The van der Waals surface area contributed by atoms with Crippen molar-refractivity contribution in [3.05, 3.63) is 39.1 Å². The summed E-state index contributed by atoms with van der Waals surface area (Å²) in [4.78, 5) is -0.143. The predicted octanol–water partition coefficient (Wildman–Crippen LogP) is 2.44. The molecule has 2 N–H and O–H groups in total. The Balaban J connectivity index is 2.20. The van der Waals surface area contributed by atoms with Crippen LogP contribution in [-0.2, 0) is 10.0 Å². The van der Waals surface area contributed by atoms with E-state index in [-0.39, 0.29) is 20.9 Å². The summed E-state index contributed by atoms with van der Waals surface area (Å²) >= 11 is 8.86. The summed E-state index contributed by atoms with van der Waals surface area (Å²) in [6.07, 6.45) is 2.74. The lowest BCUT2D eigenvalue weighted by Crippen LogP contribution is -2.30. The maximum absolute atomic E-state index is 13.1. The standard InChI is InChI=1S/C12H13BrClFN2O2S/c13-10-5-9(15)6-11(14)12(10)20(18,19)17-7-8-1-3-16-4-2-8/h1,5-6,16-17H,2-4,7H2. The number of benzene rings is 1. The predicted molar refractivity (Wildman–Crippen MR) is 79.9 cm³/mol. The largest absolute Gasteiger partial charge is 0.313 e. The Hall–Kier alpha value is -0.470. The molecular formula is C12H13BrClFN2O2S. The normalized spacial score (nSPS) is 16.1. The third-order valence-corrected chi connectivity index (χ3v) is 5.68. The summed E-state index contributed by atoms with van der Waals surface area (Å²) in [6, 6.07) is 2.05. The van der Waals surface area contributed by atoms with E-state index in [0.717, 1.165) is 37.2 Å². The van der Waals surface area contributed by atoms with Crippen LogP contribution in [0.3, 0.4) is 0 Å². The first-order valence-electron chi connectivity index (χ1n) is 5.93. The van der Waals surface area contributed by atoms with Crippen molar-refractivity contribution in [3.8, 4) is 0 Å². The van der Waals surface area contributed by atoms with E-state index in [4.69, 9.17) is 11.6 Å². The molecule has 1 aliphatic heterocycles. The van der Waals surface area contributed by atoms with Gasteiger partial charge in [-0.05, 0) is 41.0 Å². The van der Waals surface area contributed by atoms with Crippen LogP contribution >= 0.6 is 27.5 Å². The fraction of sp³-hybridized carbons (Fsp3) is 0.333. The molecule has 1 aliphatic rings. The summed E-state index contributed by atoms with van der Waals surface area (Å²) in [6.45, 7) is 1.79. The summed E-state index contributed by atoms with van der Waals surface area (Å²) in [5.41, 5.74) is 1.02. The van der Waals surface area contributed by atoms with Gasteiger partial charge in [0.05, 0.1) is 5.02 Å². The van der Waals surface area contributed by atoms with Crippen molar-refractivity contribution in [1.82, 2.24) is 10.0 Å². The first kappa shape index (κ1) is 15.9. The molecule has 0 aromatic heterocycles. The monoisotopic (exact) mass is 382 g/mol. The fourth-order valence-electron chi connectivity index (χ4n) is 1.88. The molecule has 8 heteroatoms. The number of rotatable bonds is 4. The van der Waals surface area contributed by atoms with E-state index in [9.17, 15) is 12.8 Å². The van der Waals surface area contributed by atoms with Crippen LogP contribution in [0.2, 0.25) is 5.02 Å². The van der Waals surface area contributed by atoms with E-state index in [2.05, 4.69) is 26.0 Å². The summed E-state index contributed by atoms with van der Waals surface area (Å²) in [7, 11) is -3.79. The van der Waals surface area contributed by atoms with Crippen molar-refractivity contribution >= 4 is 37.6 Å². The van der Waals surface area contributed by atoms with Crippen LogP contribution in [0.1, 0.15) is 6.42 Å². The molecule has 1 aromatic carbocycles. The Morgan fingerprint density at radius 1 is 1.45 bits per heavy atom. The molecule has 0 amide bonds. The van der Waals surface area contributed by atoms with E-state index >= 15 is 0 Å². The molecule has 0 fully saturated rings. The third-order valence-electron chi connectivity index (χ3n) is 2.88. The fourth-order valence-corrected chi connectivity index (χ4v) is 4.72. The first-order chi connectivity index (χ1) is 9.40. The minimum Gasteiger partial charge on any atom is -0.313 e. The van der Waals surface area contributed by atoms with E-state index in [1.54, 1.807) is 0 Å². The van der Waals surface area contributed by atoms with Gasteiger partial charge < -0.3 is 5.32 Å². The van der Waals surface area contributed by atoms with Gasteiger partial charge in [0, 0.05) is 17.6 Å². The maximum atomic E-state index is 13.1. The number of hydrogen-bond acceptors (Lipinski definition) is 3. The quantitative estimate of drug-likeness (QED) is 0.785. The molecule has 0 spiro atoms. The van der Waals surface area contributed by atoms with Gasteiger partial charge in [0.2, 0.25) is 10.0 Å². The van der Waals surface area contributed by atoms with Crippen molar-refractivity contribution in [3.63, 3.8) is 0 Å². The average molecular weight is 384 g/mol. The van der Waals surface area contributed by atoms with Crippen LogP contribution in [0.5, 0.6) is 0 Å². The molecule has 0 saturated carbocycles. The Kier molecular flexibility index (Phi) is 5.19. The van der Waals surface area contributed by atoms with Crippen molar-refractivity contribution < 1.29 is 12.8 Å². The molecule has 1 heterocycles. The van der Waals surface area contributed by atoms with Crippen molar-refractivity contribution in [1.29, 1.82) is 0 Å². The van der Waals surface area contributed by atoms with Crippen molar-refractivity contribution in [2.75, 3.05) is 19.6 Å². The van der Waals surface area contributed by atoms with Crippen LogP contribution in [0.25, 0.3) is 0 Å². The van der Waals surface area contributed by atoms with Gasteiger partial charge in [-0.2, -0.15) is 0 Å². The van der Waals surface area contributed by atoms with E-state index in [0.29, 0.717) is 0 Å². The first-order valence-corrected chi connectivity index (χ1v) is 8.58.